The quantitative estimate of drug-likeness (QED) is 0.201. The van der Waals surface area contributed by atoms with E-state index in [1.165, 1.54) is 24.6 Å². The number of carbonyl (C=O) groups is 6. The Labute approximate surface area is 250 Å². The third kappa shape index (κ3) is 10.1. The number of carboxylic acids is 1. The number of fused-ring (bicyclic) bond motifs is 1. The van der Waals surface area contributed by atoms with Crippen molar-refractivity contribution in [3.8, 4) is 0 Å². The average molecular weight is 603 g/mol. The highest BCUT2D eigenvalue weighted by Crippen LogP contribution is 2.24. The number of hydrogen-bond acceptors (Lipinski definition) is 8. The van der Waals surface area contributed by atoms with E-state index in [4.69, 9.17) is 15.6 Å². The first-order valence-electron chi connectivity index (χ1n) is 13.9. The summed E-state index contributed by atoms with van der Waals surface area (Å²) in [5, 5.41) is 19.3. The molecule has 43 heavy (non-hydrogen) atoms. The van der Waals surface area contributed by atoms with Gasteiger partial charge in [-0.3, -0.25) is 28.5 Å². The van der Waals surface area contributed by atoms with E-state index < -0.39 is 72.0 Å². The molecule has 0 saturated carbocycles. The Morgan fingerprint density at radius 2 is 1.47 bits per heavy atom. The molecule has 0 aliphatic carbocycles. The van der Waals surface area contributed by atoms with Crippen LogP contribution in [0.2, 0.25) is 0 Å². The number of ether oxygens (including phenoxy) is 1. The van der Waals surface area contributed by atoms with Gasteiger partial charge in [-0.15, -0.1) is 0 Å². The SMILES string of the molecule is CC(C)[C@H](N)C(=O)N[C@@H](C)C(=O)N[C@@H](Cc1cn(C(=O)OC(C)(C)C)c2ccccc12)C(=O)N[C@@H](C)C(=O)NCC(=O)O. The number of aliphatic carboxylic acids is 1. The van der Waals surface area contributed by atoms with Crippen LogP contribution < -0.4 is 27.0 Å². The average Bonchev–Trinajstić information content (AvgIpc) is 3.28. The van der Waals surface area contributed by atoms with Gasteiger partial charge in [-0.25, -0.2) is 4.79 Å². The van der Waals surface area contributed by atoms with Crippen molar-refractivity contribution in [2.24, 2.45) is 11.7 Å². The van der Waals surface area contributed by atoms with Gasteiger partial charge in [-0.1, -0.05) is 32.0 Å². The van der Waals surface area contributed by atoms with Crippen molar-refractivity contribution < 1.29 is 38.6 Å². The van der Waals surface area contributed by atoms with E-state index in [1.54, 1.807) is 58.9 Å². The van der Waals surface area contributed by atoms with Crippen molar-refractivity contribution in [1.29, 1.82) is 0 Å². The molecule has 0 unspecified atom stereocenters. The van der Waals surface area contributed by atoms with E-state index in [1.807, 2.05) is 0 Å². The topological polar surface area (TPSA) is 211 Å². The Kier molecular flexibility index (Phi) is 11.8. The minimum absolute atomic E-state index is 0.108. The predicted molar refractivity (Wildman–Crippen MR) is 158 cm³/mol. The van der Waals surface area contributed by atoms with Crippen LogP contribution in [0.4, 0.5) is 4.79 Å². The van der Waals surface area contributed by atoms with Crippen LogP contribution in [0.25, 0.3) is 10.9 Å². The second-order valence-corrected chi connectivity index (χ2v) is 11.6. The lowest BCUT2D eigenvalue weighted by Gasteiger charge is -2.24. The van der Waals surface area contributed by atoms with Gasteiger partial charge in [0.25, 0.3) is 0 Å². The van der Waals surface area contributed by atoms with Crippen molar-refractivity contribution in [2.45, 2.75) is 84.7 Å². The molecule has 7 N–H and O–H groups in total. The Morgan fingerprint density at radius 1 is 0.884 bits per heavy atom. The van der Waals surface area contributed by atoms with Crippen molar-refractivity contribution in [1.82, 2.24) is 25.8 Å². The van der Waals surface area contributed by atoms with Gasteiger partial charge >= 0.3 is 12.1 Å². The highest BCUT2D eigenvalue weighted by atomic mass is 16.6. The molecule has 1 aromatic carbocycles. The van der Waals surface area contributed by atoms with Gasteiger partial charge in [0.2, 0.25) is 23.6 Å². The van der Waals surface area contributed by atoms with Crippen LogP contribution in [0, 0.1) is 5.92 Å². The molecule has 14 heteroatoms. The molecule has 0 radical (unpaired) electrons. The molecular weight excluding hydrogens is 560 g/mol. The summed E-state index contributed by atoms with van der Waals surface area (Å²) in [7, 11) is 0. The summed E-state index contributed by atoms with van der Waals surface area (Å²) < 4.78 is 6.83. The van der Waals surface area contributed by atoms with Crippen LogP contribution >= 0.6 is 0 Å². The number of nitrogens with two attached hydrogens (primary N) is 1. The molecule has 0 fully saturated rings. The van der Waals surface area contributed by atoms with Crippen LogP contribution in [0.5, 0.6) is 0 Å². The lowest BCUT2D eigenvalue weighted by Crippen LogP contribution is -2.57. The van der Waals surface area contributed by atoms with Crippen molar-refractivity contribution in [3.05, 3.63) is 36.0 Å². The maximum absolute atomic E-state index is 13.4. The lowest BCUT2D eigenvalue weighted by atomic mass is 10.0. The van der Waals surface area contributed by atoms with E-state index in [0.717, 1.165) is 0 Å². The van der Waals surface area contributed by atoms with Gasteiger partial charge in [0, 0.05) is 18.0 Å². The molecule has 0 spiro atoms. The van der Waals surface area contributed by atoms with Gasteiger partial charge < -0.3 is 36.8 Å². The second kappa shape index (κ2) is 14.6. The summed E-state index contributed by atoms with van der Waals surface area (Å²) in [6.07, 6.45) is 0.770. The smallest absolute Gasteiger partial charge is 0.419 e. The number of nitrogens with one attached hydrogen (secondary N) is 4. The lowest BCUT2D eigenvalue weighted by molar-refractivity contribution is -0.138. The number of carboxylic acid groups (broad SMARTS) is 1. The molecule has 236 valence electrons. The molecule has 4 atom stereocenters. The molecular formula is C29H42N6O8. The minimum atomic E-state index is -1.27. The molecule has 0 saturated heterocycles. The van der Waals surface area contributed by atoms with Crippen molar-refractivity contribution in [3.63, 3.8) is 0 Å². The van der Waals surface area contributed by atoms with Crippen LogP contribution in [-0.2, 0) is 35.1 Å². The Morgan fingerprint density at radius 3 is 2.05 bits per heavy atom. The molecule has 2 rings (SSSR count). The minimum Gasteiger partial charge on any atom is -0.480 e. The highest BCUT2D eigenvalue weighted by Gasteiger charge is 2.30. The van der Waals surface area contributed by atoms with Gasteiger partial charge in [-0.2, -0.15) is 0 Å². The normalized spacial score (nSPS) is 14.3. The molecule has 1 heterocycles. The van der Waals surface area contributed by atoms with Gasteiger partial charge in [0.05, 0.1) is 11.6 Å². The Balaban J connectivity index is 2.39. The summed E-state index contributed by atoms with van der Waals surface area (Å²) in [6.45, 7) is 10.9. The van der Waals surface area contributed by atoms with E-state index >= 15 is 0 Å². The Hall–Kier alpha value is -4.46. The van der Waals surface area contributed by atoms with Crippen LogP contribution in [0.3, 0.4) is 0 Å². The van der Waals surface area contributed by atoms with E-state index in [-0.39, 0.29) is 12.3 Å². The van der Waals surface area contributed by atoms with Crippen molar-refractivity contribution in [2.75, 3.05) is 6.54 Å². The molecule has 4 amide bonds. The van der Waals surface area contributed by atoms with E-state index in [0.29, 0.717) is 16.5 Å². The number of carbonyl (C=O) groups excluding carboxylic acids is 5. The number of amides is 4. The number of hydrogen-bond donors (Lipinski definition) is 6. The first kappa shape index (κ1) is 34.7. The van der Waals surface area contributed by atoms with Crippen LogP contribution in [-0.4, -0.2) is 81.7 Å². The monoisotopic (exact) mass is 602 g/mol. The zero-order valence-corrected chi connectivity index (χ0v) is 25.5. The maximum atomic E-state index is 13.4. The molecule has 1 aromatic heterocycles. The Bertz CT molecular complexity index is 1360. The predicted octanol–water partition coefficient (Wildman–Crippen LogP) is 0.645. The number of aromatic nitrogens is 1. The fourth-order valence-electron chi connectivity index (χ4n) is 3.97. The number of benzene rings is 1. The van der Waals surface area contributed by atoms with Crippen LogP contribution in [0.15, 0.2) is 30.5 Å². The van der Waals surface area contributed by atoms with E-state index in [2.05, 4.69) is 21.3 Å². The first-order valence-corrected chi connectivity index (χ1v) is 13.9. The standard InChI is InChI=1S/C29H42N6O8/c1-15(2)23(30)27(41)33-17(4)25(39)34-20(26(40)32-16(3)24(38)31-13-22(36)37)12-18-14-35(28(42)43-29(5,6)7)21-11-9-8-10-19(18)21/h8-11,14-17,20,23H,12-13,30H2,1-7H3,(H,31,38)(H,32,40)(H,33,41)(H,34,39)(H,36,37)/t16-,17-,20-,23-/m0/s1. The number of rotatable bonds is 12. The fraction of sp³-hybridized carbons (Fsp3) is 0.517. The number of para-hydroxylation sites is 1. The molecule has 14 nitrogen and oxygen atoms in total. The molecule has 0 aliphatic heterocycles. The third-order valence-electron chi connectivity index (χ3n) is 6.38. The molecule has 0 bridgehead atoms. The fourth-order valence-corrected chi connectivity index (χ4v) is 3.97. The summed E-state index contributed by atoms with van der Waals surface area (Å²) >= 11 is 0. The largest absolute Gasteiger partial charge is 0.480 e. The third-order valence-corrected chi connectivity index (χ3v) is 6.38. The molecule has 2 aromatic rings. The highest BCUT2D eigenvalue weighted by molar-refractivity contribution is 5.96. The van der Waals surface area contributed by atoms with E-state index in [9.17, 15) is 28.8 Å². The van der Waals surface area contributed by atoms with Gasteiger partial charge in [0.1, 0.15) is 30.3 Å². The summed E-state index contributed by atoms with van der Waals surface area (Å²) in [5.41, 5.74) is 6.15. The first-order chi connectivity index (χ1) is 19.9. The maximum Gasteiger partial charge on any atom is 0.419 e. The number of nitrogens with zero attached hydrogens (tertiary/aromatic N) is 1. The summed E-state index contributed by atoms with van der Waals surface area (Å²) in [6, 6.07) is 2.63. The van der Waals surface area contributed by atoms with Gasteiger partial charge in [-0.05, 0) is 52.2 Å². The zero-order chi connectivity index (χ0) is 32.6. The second-order valence-electron chi connectivity index (χ2n) is 11.6. The summed E-state index contributed by atoms with van der Waals surface area (Å²) in [5.74, 6) is -4.16. The summed E-state index contributed by atoms with van der Waals surface area (Å²) in [4.78, 5) is 75.1. The zero-order valence-electron chi connectivity index (χ0n) is 25.5. The van der Waals surface area contributed by atoms with Crippen LogP contribution in [0.1, 0.15) is 54.0 Å². The van der Waals surface area contributed by atoms with Crippen molar-refractivity contribution >= 4 is 46.6 Å². The molecule has 0 aliphatic rings. The van der Waals surface area contributed by atoms with Gasteiger partial charge in [0.15, 0.2) is 0 Å².